The molecule has 1 atom stereocenters. The predicted octanol–water partition coefficient (Wildman–Crippen LogP) is 3.05. The lowest BCUT2D eigenvalue weighted by molar-refractivity contribution is 0.278. The van der Waals surface area contributed by atoms with Crippen LogP contribution in [0.5, 0.6) is 5.75 Å². The summed E-state index contributed by atoms with van der Waals surface area (Å²) in [6, 6.07) is 12.5. The first-order chi connectivity index (χ1) is 10.5. The molecule has 0 radical (unpaired) electrons. The molecule has 1 aliphatic rings. The molecule has 0 saturated carbocycles. The van der Waals surface area contributed by atoms with E-state index in [4.69, 9.17) is 8.92 Å². The Morgan fingerprint density at radius 1 is 1.14 bits per heavy atom. The highest BCUT2D eigenvalue weighted by molar-refractivity contribution is 7.86. The Morgan fingerprint density at radius 2 is 1.86 bits per heavy atom. The second-order valence-electron chi connectivity index (χ2n) is 5.52. The molecule has 3 rings (SSSR count). The lowest BCUT2D eigenvalue weighted by atomic mass is 9.78. The first-order valence-electron chi connectivity index (χ1n) is 7.12. The van der Waals surface area contributed by atoms with Gasteiger partial charge in [-0.05, 0) is 48.7 Å². The van der Waals surface area contributed by atoms with Crippen LogP contribution in [0.2, 0.25) is 0 Å². The van der Waals surface area contributed by atoms with Gasteiger partial charge in [0.05, 0.1) is 18.6 Å². The summed E-state index contributed by atoms with van der Waals surface area (Å²) in [6.07, 6.45) is 0.836. The molecule has 0 aliphatic heterocycles. The van der Waals surface area contributed by atoms with Crippen LogP contribution in [0.25, 0.3) is 0 Å². The van der Waals surface area contributed by atoms with Crippen LogP contribution in [0.3, 0.4) is 0 Å². The van der Waals surface area contributed by atoms with Gasteiger partial charge in [-0.2, -0.15) is 8.42 Å². The predicted molar refractivity (Wildman–Crippen MR) is 83.8 cm³/mol. The van der Waals surface area contributed by atoms with E-state index in [1.54, 1.807) is 31.4 Å². The van der Waals surface area contributed by atoms with Gasteiger partial charge < -0.3 is 4.74 Å². The fourth-order valence-electron chi connectivity index (χ4n) is 2.60. The van der Waals surface area contributed by atoms with E-state index in [0.717, 1.165) is 23.3 Å². The summed E-state index contributed by atoms with van der Waals surface area (Å²) in [5, 5.41) is 0. The maximum Gasteiger partial charge on any atom is 0.296 e. The first-order valence-corrected chi connectivity index (χ1v) is 8.53. The van der Waals surface area contributed by atoms with Crippen molar-refractivity contribution in [1.29, 1.82) is 0 Å². The van der Waals surface area contributed by atoms with Gasteiger partial charge in [-0.1, -0.05) is 23.8 Å². The van der Waals surface area contributed by atoms with Gasteiger partial charge >= 0.3 is 0 Å². The van der Waals surface area contributed by atoms with Crippen molar-refractivity contribution < 1.29 is 17.3 Å². The highest BCUT2D eigenvalue weighted by atomic mass is 32.2. The van der Waals surface area contributed by atoms with Crippen molar-refractivity contribution >= 4 is 10.1 Å². The summed E-state index contributed by atoms with van der Waals surface area (Å²) in [5.41, 5.74) is 3.35. The minimum atomic E-state index is -3.70. The summed E-state index contributed by atoms with van der Waals surface area (Å²) >= 11 is 0. The molecule has 0 N–H and O–H groups in total. The van der Waals surface area contributed by atoms with Crippen molar-refractivity contribution in [3.8, 4) is 5.75 Å². The van der Waals surface area contributed by atoms with E-state index in [-0.39, 0.29) is 17.4 Å². The fraction of sp³-hybridized carbons (Fsp3) is 0.294. The molecule has 0 bridgehead atoms. The zero-order valence-corrected chi connectivity index (χ0v) is 13.4. The molecule has 0 heterocycles. The number of rotatable bonds is 5. The van der Waals surface area contributed by atoms with Crippen molar-refractivity contribution in [2.75, 3.05) is 13.7 Å². The van der Waals surface area contributed by atoms with E-state index in [9.17, 15) is 8.42 Å². The Balaban J connectivity index is 1.69. The number of aryl methyl sites for hydroxylation is 1. The third-order valence-electron chi connectivity index (χ3n) is 3.99. The van der Waals surface area contributed by atoms with Crippen LogP contribution in [-0.4, -0.2) is 22.1 Å². The molecule has 0 spiro atoms. The van der Waals surface area contributed by atoms with Crippen molar-refractivity contribution in [2.24, 2.45) is 0 Å². The van der Waals surface area contributed by atoms with E-state index < -0.39 is 10.1 Å². The van der Waals surface area contributed by atoms with Gasteiger partial charge in [0, 0.05) is 5.92 Å². The summed E-state index contributed by atoms with van der Waals surface area (Å²) in [6.45, 7) is 2.08. The van der Waals surface area contributed by atoms with Gasteiger partial charge in [-0.3, -0.25) is 4.18 Å². The second kappa shape index (κ2) is 5.74. The van der Waals surface area contributed by atoms with Crippen LogP contribution in [0.4, 0.5) is 0 Å². The minimum Gasteiger partial charge on any atom is -0.497 e. The maximum atomic E-state index is 12.2. The van der Waals surface area contributed by atoms with Gasteiger partial charge in [0.15, 0.2) is 0 Å². The monoisotopic (exact) mass is 318 g/mol. The minimum absolute atomic E-state index is 0.102. The van der Waals surface area contributed by atoms with Crippen molar-refractivity contribution in [3.63, 3.8) is 0 Å². The van der Waals surface area contributed by atoms with Gasteiger partial charge in [0.1, 0.15) is 5.75 Å². The van der Waals surface area contributed by atoms with Crippen molar-refractivity contribution in [2.45, 2.75) is 24.2 Å². The summed E-state index contributed by atoms with van der Waals surface area (Å²) < 4.78 is 34.8. The molecular weight excluding hydrogens is 300 g/mol. The molecule has 0 amide bonds. The number of fused-ring (bicyclic) bond motifs is 1. The average Bonchev–Trinajstić information content (AvgIpc) is 2.48. The number of methoxy groups -OCH3 is 1. The molecule has 1 aliphatic carbocycles. The SMILES string of the molecule is COc1ccc2c(c1)C(COS(=O)(=O)c1ccc(C)cc1)C2. The van der Waals surface area contributed by atoms with Crippen LogP contribution in [0.15, 0.2) is 47.4 Å². The topological polar surface area (TPSA) is 52.6 Å². The molecule has 116 valence electrons. The Hall–Kier alpha value is -1.85. The van der Waals surface area contributed by atoms with E-state index >= 15 is 0 Å². The molecule has 0 aromatic heterocycles. The van der Waals surface area contributed by atoms with E-state index in [1.165, 1.54) is 5.56 Å². The van der Waals surface area contributed by atoms with Gasteiger partial charge in [-0.25, -0.2) is 0 Å². The first kappa shape index (κ1) is 15.1. The van der Waals surface area contributed by atoms with Gasteiger partial charge in [0.2, 0.25) is 0 Å². The van der Waals surface area contributed by atoms with Gasteiger partial charge in [-0.15, -0.1) is 0 Å². The van der Waals surface area contributed by atoms with Crippen LogP contribution in [-0.2, 0) is 20.7 Å². The van der Waals surface area contributed by atoms with Crippen LogP contribution < -0.4 is 4.74 Å². The lowest BCUT2D eigenvalue weighted by Crippen LogP contribution is -2.23. The zero-order valence-electron chi connectivity index (χ0n) is 12.6. The Kier molecular flexibility index (Phi) is 3.93. The third kappa shape index (κ3) is 2.87. The number of hydrogen-bond acceptors (Lipinski definition) is 4. The highest BCUT2D eigenvalue weighted by Crippen LogP contribution is 2.38. The quantitative estimate of drug-likeness (QED) is 0.795. The standard InChI is InChI=1S/C17H18O4S/c1-12-3-7-16(8-4-12)22(18,19)21-11-14-9-13-5-6-15(20-2)10-17(13)14/h3-8,10,14H,9,11H2,1-2H3. The van der Waals surface area contributed by atoms with Crippen molar-refractivity contribution in [1.82, 2.24) is 0 Å². The Morgan fingerprint density at radius 3 is 2.55 bits per heavy atom. The highest BCUT2D eigenvalue weighted by Gasteiger charge is 2.29. The number of benzene rings is 2. The number of ether oxygens (including phenoxy) is 1. The number of hydrogen-bond donors (Lipinski definition) is 0. The molecule has 2 aromatic carbocycles. The molecule has 22 heavy (non-hydrogen) atoms. The Bertz CT molecular complexity index is 779. The fourth-order valence-corrected chi connectivity index (χ4v) is 3.55. The second-order valence-corrected chi connectivity index (χ2v) is 7.13. The molecule has 0 fully saturated rings. The van der Waals surface area contributed by atoms with E-state index in [1.807, 2.05) is 25.1 Å². The molecule has 4 nitrogen and oxygen atoms in total. The lowest BCUT2D eigenvalue weighted by Gasteiger charge is -2.30. The average molecular weight is 318 g/mol. The van der Waals surface area contributed by atoms with E-state index in [0.29, 0.717) is 0 Å². The molecule has 5 heteroatoms. The summed E-state index contributed by atoms with van der Waals surface area (Å²) in [4.78, 5) is 0.197. The third-order valence-corrected chi connectivity index (χ3v) is 5.29. The van der Waals surface area contributed by atoms with Crippen LogP contribution in [0, 0.1) is 6.92 Å². The molecule has 0 saturated heterocycles. The van der Waals surface area contributed by atoms with Crippen LogP contribution >= 0.6 is 0 Å². The largest absolute Gasteiger partial charge is 0.497 e. The molecule has 2 aromatic rings. The molecule has 1 unspecified atom stereocenters. The normalized spacial score (nSPS) is 16.7. The van der Waals surface area contributed by atoms with E-state index in [2.05, 4.69) is 0 Å². The summed E-state index contributed by atoms with van der Waals surface area (Å²) in [5.74, 6) is 0.884. The zero-order chi connectivity index (χ0) is 15.7. The smallest absolute Gasteiger partial charge is 0.296 e. The Labute approximate surface area is 130 Å². The van der Waals surface area contributed by atoms with Crippen LogP contribution in [0.1, 0.15) is 22.6 Å². The van der Waals surface area contributed by atoms with Crippen molar-refractivity contribution in [3.05, 3.63) is 59.2 Å². The molecular formula is C17H18O4S. The van der Waals surface area contributed by atoms with Gasteiger partial charge in [0.25, 0.3) is 10.1 Å². The summed E-state index contributed by atoms with van der Waals surface area (Å²) in [7, 11) is -2.08. The maximum absolute atomic E-state index is 12.2.